The zero-order chi connectivity index (χ0) is 19.6. The van der Waals surface area contributed by atoms with Crippen LogP contribution in [0.15, 0.2) is 85.5 Å². The molecule has 4 nitrogen and oxygen atoms in total. The van der Waals surface area contributed by atoms with E-state index < -0.39 is 0 Å². The van der Waals surface area contributed by atoms with Crippen LogP contribution in [0, 0.1) is 0 Å². The third kappa shape index (κ3) is 5.38. The van der Waals surface area contributed by atoms with Crippen molar-refractivity contribution in [3.8, 4) is 17.2 Å². The molecular weight excluding hydrogens is 352 g/mol. The summed E-state index contributed by atoms with van der Waals surface area (Å²) in [6.45, 7) is 4.69. The highest BCUT2D eigenvalue weighted by Gasteiger charge is 2.16. The smallest absolute Gasteiger partial charge is 0.203 e. The fraction of sp³-hybridized carbons (Fsp3) is 0.167. The molecule has 0 amide bonds. The minimum absolute atomic E-state index is 0.120. The van der Waals surface area contributed by atoms with Gasteiger partial charge >= 0.3 is 0 Å². The molecule has 0 fully saturated rings. The molecule has 1 N–H and O–H groups in total. The van der Waals surface area contributed by atoms with E-state index in [9.17, 15) is 5.11 Å². The summed E-state index contributed by atoms with van der Waals surface area (Å²) in [6.07, 6.45) is 1.67. The Morgan fingerprint density at radius 1 is 0.714 bits per heavy atom. The molecule has 28 heavy (non-hydrogen) atoms. The molecule has 0 aliphatic rings. The van der Waals surface area contributed by atoms with Crippen LogP contribution >= 0.6 is 0 Å². The minimum Gasteiger partial charge on any atom is -0.485 e. The van der Waals surface area contributed by atoms with E-state index in [0.717, 1.165) is 11.1 Å². The highest BCUT2D eigenvalue weighted by Crippen LogP contribution is 2.40. The maximum absolute atomic E-state index is 9.66. The molecule has 3 aromatic carbocycles. The van der Waals surface area contributed by atoms with Gasteiger partial charge in [-0.3, -0.25) is 0 Å². The van der Waals surface area contributed by atoms with Crippen molar-refractivity contribution in [2.45, 2.75) is 19.8 Å². The number of aliphatic hydroxyl groups excluding tert-OH is 1. The highest BCUT2D eigenvalue weighted by atomic mass is 16.5. The van der Waals surface area contributed by atoms with Crippen LogP contribution in [0.2, 0.25) is 0 Å². The SMILES string of the molecule is C=CCOc1c(OCc2ccccc2)cc(CO)cc1OCc1ccccc1. The summed E-state index contributed by atoms with van der Waals surface area (Å²) in [5, 5.41) is 9.66. The van der Waals surface area contributed by atoms with Crippen LogP contribution in [-0.4, -0.2) is 11.7 Å². The van der Waals surface area contributed by atoms with Gasteiger partial charge in [0, 0.05) is 0 Å². The number of hydrogen-bond donors (Lipinski definition) is 1. The van der Waals surface area contributed by atoms with E-state index in [4.69, 9.17) is 14.2 Å². The molecule has 144 valence electrons. The summed E-state index contributed by atoms with van der Waals surface area (Å²) in [7, 11) is 0. The third-order valence-electron chi connectivity index (χ3n) is 4.08. The second-order valence-corrected chi connectivity index (χ2v) is 6.23. The fourth-order valence-corrected chi connectivity index (χ4v) is 2.69. The van der Waals surface area contributed by atoms with E-state index in [0.29, 0.717) is 42.6 Å². The van der Waals surface area contributed by atoms with Gasteiger partial charge in [-0.1, -0.05) is 73.3 Å². The second kappa shape index (κ2) is 10.2. The summed E-state index contributed by atoms with van der Waals surface area (Å²) in [6, 6.07) is 23.3. The largest absolute Gasteiger partial charge is 0.485 e. The monoisotopic (exact) mass is 376 g/mol. The molecular formula is C24H24O4. The molecule has 0 radical (unpaired) electrons. The van der Waals surface area contributed by atoms with Crippen LogP contribution in [0.1, 0.15) is 16.7 Å². The van der Waals surface area contributed by atoms with Crippen LogP contribution < -0.4 is 14.2 Å². The molecule has 3 rings (SSSR count). The van der Waals surface area contributed by atoms with E-state index in [-0.39, 0.29) is 6.61 Å². The molecule has 0 saturated heterocycles. The van der Waals surface area contributed by atoms with Crippen molar-refractivity contribution in [2.75, 3.05) is 6.61 Å². The van der Waals surface area contributed by atoms with Gasteiger partial charge in [-0.25, -0.2) is 0 Å². The van der Waals surface area contributed by atoms with Gasteiger partial charge in [0.15, 0.2) is 11.5 Å². The average molecular weight is 376 g/mol. The Morgan fingerprint density at radius 2 is 1.21 bits per heavy atom. The van der Waals surface area contributed by atoms with E-state index in [1.54, 1.807) is 18.2 Å². The van der Waals surface area contributed by atoms with Crippen molar-refractivity contribution >= 4 is 0 Å². The van der Waals surface area contributed by atoms with Gasteiger partial charge in [-0.05, 0) is 28.8 Å². The molecule has 0 spiro atoms. The van der Waals surface area contributed by atoms with E-state index >= 15 is 0 Å². The Balaban J connectivity index is 1.86. The van der Waals surface area contributed by atoms with Gasteiger partial charge in [0.05, 0.1) is 6.61 Å². The van der Waals surface area contributed by atoms with Crippen LogP contribution in [0.4, 0.5) is 0 Å². The first-order valence-electron chi connectivity index (χ1n) is 9.15. The summed E-state index contributed by atoms with van der Waals surface area (Å²) in [5.41, 5.74) is 2.77. The first-order chi connectivity index (χ1) is 13.8. The number of ether oxygens (including phenoxy) is 3. The molecule has 3 aromatic rings. The predicted octanol–water partition coefficient (Wildman–Crippen LogP) is 4.90. The molecule has 0 heterocycles. The van der Waals surface area contributed by atoms with Crippen LogP contribution in [0.3, 0.4) is 0 Å². The van der Waals surface area contributed by atoms with Crippen LogP contribution in [0.25, 0.3) is 0 Å². The molecule has 0 saturated carbocycles. The van der Waals surface area contributed by atoms with Crippen molar-refractivity contribution in [3.63, 3.8) is 0 Å². The molecule has 0 atom stereocenters. The summed E-state index contributed by atoms with van der Waals surface area (Å²) < 4.78 is 17.9. The Hall–Kier alpha value is -3.24. The first-order valence-corrected chi connectivity index (χ1v) is 9.15. The normalized spacial score (nSPS) is 10.3. The first kappa shape index (κ1) is 19.5. The molecule has 4 heteroatoms. The highest BCUT2D eigenvalue weighted by molar-refractivity contribution is 5.54. The van der Waals surface area contributed by atoms with Crippen molar-refractivity contribution in [3.05, 3.63) is 102 Å². The summed E-state index contributed by atoms with van der Waals surface area (Å²) in [5.74, 6) is 1.56. The Kier molecular flexibility index (Phi) is 7.10. The Bertz CT molecular complexity index is 811. The zero-order valence-electron chi connectivity index (χ0n) is 15.7. The van der Waals surface area contributed by atoms with Gasteiger partial charge in [-0.2, -0.15) is 0 Å². The number of aliphatic hydroxyl groups is 1. The maximum atomic E-state index is 9.66. The average Bonchev–Trinajstić information content (AvgIpc) is 2.76. The lowest BCUT2D eigenvalue weighted by atomic mass is 10.2. The second-order valence-electron chi connectivity index (χ2n) is 6.23. The molecule has 0 unspecified atom stereocenters. The van der Waals surface area contributed by atoms with Crippen molar-refractivity contribution < 1.29 is 19.3 Å². The molecule has 0 aromatic heterocycles. The number of hydrogen-bond acceptors (Lipinski definition) is 4. The minimum atomic E-state index is -0.120. The van der Waals surface area contributed by atoms with Crippen LogP contribution in [0.5, 0.6) is 17.2 Å². The topological polar surface area (TPSA) is 47.9 Å². The molecule has 0 aliphatic heterocycles. The summed E-state index contributed by atoms with van der Waals surface area (Å²) in [4.78, 5) is 0. The third-order valence-corrected chi connectivity index (χ3v) is 4.08. The van der Waals surface area contributed by atoms with Crippen molar-refractivity contribution in [2.24, 2.45) is 0 Å². The van der Waals surface area contributed by atoms with Crippen LogP contribution in [-0.2, 0) is 19.8 Å². The van der Waals surface area contributed by atoms with E-state index in [1.165, 1.54) is 0 Å². The number of benzene rings is 3. The lowest BCUT2D eigenvalue weighted by Crippen LogP contribution is -2.05. The van der Waals surface area contributed by atoms with Crippen molar-refractivity contribution in [1.29, 1.82) is 0 Å². The van der Waals surface area contributed by atoms with Gasteiger partial charge in [0.25, 0.3) is 0 Å². The van der Waals surface area contributed by atoms with Gasteiger partial charge < -0.3 is 19.3 Å². The lowest BCUT2D eigenvalue weighted by molar-refractivity contribution is 0.243. The van der Waals surface area contributed by atoms with Crippen molar-refractivity contribution in [1.82, 2.24) is 0 Å². The zero-order valence-corrected chi connectivity index (χ0v) is 15.7. The van der Waals surface area contributed by atoms with Gasteiger partial charge in [-0.15, -0.1) is 0 Å². The van der Waals surface area contributed by atoms with E-state index in [1.807, 2.05) is 60.7 Å². The maximum Gasteiger partial charge on any atom is 0.203 e. The predicted molar refractivity (Wildman–Crippen MR) is 110 cm³/mol. The molecule has 0 bridgehead atoms. The number of rotatable bonds is 10. The fourth-order valence-electron chi connectivity index (χ4n) is 2.69. The quantitative estimate of drug-likeness (QED) is 0.511. The standard InChI is InChI=1S/C24H24O4/c1-2-13-26-24-22(27-17-19-9-5-3-6-10-19)14-21(16-25)15-23(24)28-18-20-11-7-4-8-12-20/h2-12,14-15,25H,1,13,16-18H2. The molecule has 0 aliphatic carbocycles. The summed E-state index contributed by atoms with van der Waals surface area (Å²) >= 11 is 0. The lowest BCUT2D eigenvalue weighted by Gasteiger charge is -2.18. The van der Waals surface area contributed by atoms with Gasteiger partial charge in [0.2, 0.25) is 5.75 Å². The Labute approximate surface area is 165 Å². The van der Waals surface area contributed by atoms with E-state index in [2.05, 4.69) is 6.58 Å². The Morgan fingerprint density at radius 3 is 1.64 bits per heavy atom. The van der Waals surface area contributed by atoms with Gasteiger partial charge in [0.1, 0.15) is 19.8 Å².